The van der Waals surface area contributed by atoms with Crippen LogP contribution in [0.3, 0.4) is 0 Å². The minimum atomic E-state index is -0.216. The third-order valence-electron chi connectivity index (χ3n) is 4.16. The van der Waals surface area contributed by atoms with Crippen LogP contribution in [-0.4, -0.2) is 42.2 Å². The van der Waals surface area contributed by atoms with E-state index in [1.54, 1.807) is 13.2 Å². The Bertz CT molecular complexity index is 777. The first-order valence-corrected chi connectivity index (χ1v) is 8.77. The summed E-state index contributed by atoms with van der Waals surface area (Å²) >= 11 is 6.11. The van der Waals surface area contributed by atoms with Crippen LogP contribution in [0.2, 0.25) is 5.02 Å². The van der Waals surface area contributed by atoms with Crippen LogP contribution in [0.25, 0.3) is 0 Å². The lowest BCUT2D eigenvalue weighted by Gasteiger charge is -2.12. The second-order valence-corrected chi connectivity index (χ2v) is 6.47. The standard InChI is InChI=1S/C18H21ClN4O3/c1-11-6-15(16(25-2)7-14(11)19)23-18-21-8-12(9-22-18)17(24)20-10-13-4-3-5-26-13/h6-9,13H,3-5,10H2,1-2H3,(H,20,24)(H,21,22,23). The van der Waals surface area contributed by atoms with Crippen molar-refractivity contribution >= 4 is 29.1 Å². The molecule has 26 heavy (non-hydrogen) atoms. The second-order valence-electron chi connectivity index (χ2n) is 6.07. The first kappa shape index (κ1) is 18.4. The Morgan fingerprint density at radius 3 is 2.81 bits per heavy atom. The molecule has 1 atom stereocenters. The van der Waals surface area contributed by atoms with E-state index in [1.165, 1.54) is 12.4 Å². The number of hydrogen-bond donors (Lipinski definition) is 2. The van der Waals surface area contributed by atoms with Crippen LogP contribution in [-0.2, 0) is 4.74 Å². The number of carbonyl (C=O) groups is 1. The lowest BCUT2D eigenvalue weighted by atomic mass is 10.2. The maximum Gasteiger partial charge on any atom is 0.254 e. The summed E-state index contributed by atoms with van der Waals surface area (Å²) in [5.41, 5.74) is 2.00. The maximum atomic E-state index is 12.2. The van der Waals surface area contributed by atoms with E-state index in [2.05, 4.69) is 20.6 Å². The lowest BCUT2D eigenvalue weighted by molar-refractivity contribution is 0.0857. The van der Waals surface area contributed by atoms with Crippen molar-refractivity contribution in [1.29, 1.82) is 0 Å². The Morgan fingerprint density at radius 2 is 2.15 bits per heavy atom. The van der Waals surface area contributed by atoms with Crippen molar-refractivity contribution < 1.29 is 14.3 Å². The van der Waals surface area contributed by atoms with Crippen molar-refractivity contribution in [1.82, 2.24) is 15.3 Å². The zero-order valence-corrected chi connectivity index (χ0v) is 15.5. The second kappa shape index (κ2) is 8.33. The van der Waals surface area contributed by atoms with Gasteiger partial charge in [-0.05, 0) is 31.4 Å². The highest BCUT2D eigenvalue weighted by Gasteiger charge is 2.17. The first-order chi connectivity index (χ1) is 12.6. The van der Waals surface area contributed by atoms with Crippen molar-refractivity contribution in [2.75, 3.05) is 25.6 Å². The molecule has 2 N–H and O–H groups in total. The van der Waals surface area contributed by atoms with Crippen molar-refractivity contribution in [3.05, 3.63) is 40.7 Å². The first-order valence-electron chi connectivity index (χ1n) is 8.40. The van der Waals surface area contributed by atoms with Crippen LogP contribution < -0.4 is 15.4 Å². The molecule has 0 spiro atoms. The lowest BCUT2D eigenvalue weighted by Crippen LogP contribution is -2.31. The molecule has 1 aromatic heterocycles. The van der Waals surface area contributed by atoms with Gasteiger partial charge in [-0.2, -0.15) is 0 Å². The number of hydrogen-bond acceptors (Lipinski definition) is 6. The summed E-state index contributed by atoms with van der Waals surface area (Å²) in [6.45, 7) is 3.16. The summed E-state index contributed by atoms with van der Waals surface area (Å²) in [5.74, 6) is 0.732. The highest BCUT2D eigenvalue weighted by molar-refractivity contribution is 6.31. The molecule has 2 aromatic rings. The molecule has 0 radical (unpaired) electrons. The molecule has 1 unspecified atom stereocenters. The molecule has 8 heteroatoms. The van der Waals surface area contributed by atoms with Gasteiger partial charge in [0, 0.05) is 36.6 Å². The smallest absolute Gasteiger partial charge is 0.254 e. The summed E-state index contributed by atoms with van der Waals surface area (Å²) in [4.78, 5) is 20.6. The number of nitrogens with zero attached hydrogens (tertiary/aromatic N) is 2. The minimum Gasteiger partial charge on any atom is -0.495 e. The average molecular weight is 377 g/mol. The maximum absolute atomic E-state index is 12.2. The summed E-state index contributed by atoms with van der Waals surface area (Å²) in [5, 5.41) is 6.54. The number of anilines is 2. The number of aromatic nitrogens is 2. The zero-order valence-electron chi connectivity index (χ0n) is 14.7. The number of aryl methyl sites for hydroxylation is 1. The quantitative estimate of drug-likeness (QED) is 0.805. The Morgan fingerprint density at radius 1 is 1.38 bits per heavy atom. The van der Waals surface area contributed by atoms with E-state index < -0.39 is 0 Å². The van der Waals surface area contributed by atoms with Gasteiger partial charge in [-0.15, -0.1) is 0 Å². The summed E-state index contributed by atoms with van der Waals surface area (Å²) in [6, 6.07) is 3.58. The molecule has 1 aliphatic rings. The molecule has 1 aliphatic heterocycles. The van der Waals surface area contributed by atoms with E-state index in [0.29, 0.717) is 34.5 Å². The van der Waals surface area contributed by atoms with Crippen LogP contribution in [0.5, 0.6) is 5.75 Å². The van der Waals surface area contributed by atoms with Crippen molar-refractivity contribution in [3.8, 4) is 5.75 Å². The van der Waals surface area contributed by atoms with Gasteiger partial charge in [0.2, 0.25) is 5.95 Å². The van der Waals surface area contributed by atoms with Gasteiger partial charge < -0.3 is 20.1 Å². The molecule has 0 bridgehead atoms. The molecule has 0 aliphatic carbocycles. The molecular weight excluding hydrogens is 356 g/mol. The van der Waals surface area contributed by atoms with E-state index in [4.69, 9.17) is 21.1 Å². The van der Waals surface area contributed by atoms with E-state index in [-0.39, 0.29) is 12.0 Å². The number of carbonyl (C=O) groups excluding carboxylic acids is 1. The predicted molar refractivity (Wildman–Crippen MR) is 99.4 cm³/mol. The van der Waals surface area contributed by atoms with Crippen LogP contribution in [0.4, 0.5) is 11.6 Å². The number of halogens is 1. The predicted octanol–water partition coefficient (Wildman–Crippen LogP) is 3.10. The Labute approximate surface area is 157 Å². The van der Waals surface area contributed by atoms with E-state index in [9.17, 15) is 4.79 Å². The molecule has 7 nitrogen and oxygen atoms in total. The van der Waals surface area contributed by atoms with Gasteiger partial charge in [-0.3, -0.25) is 4.79 Å². The highest BCUT2D eigenvalue weighted by Crippen LogP contribution is 2.32. The SMILES string of the molecule is COc1cc(Cl)c(C)cc1Nc1ncc(C(=O)NCC2CCCO2)cn1. The molecule has 1 aromatic carbocycles. The summed E-state index contributed by atoms with van der Waals surface area (Å²) < 4.78 is 10.8. The normalized spacial score (nSPS) is 16.3. The Balaban J connectivity index is 1.64. The van der Waals surface area contributed by atoms with Gasteiger partial charge in [0.05, 0.1) is 24.5 Å². The van der Waals surface area contributed by atoms with Gasteiger partial charge in [0.15, 0.2) is 0 Å². The molecule has 3 rings (SSSR count). The monoisotopic (exact) mass is 376 g/mol. The highest BCUT2D eigenvalue weighted by atomic mass is 35.5. The van der Waals surface area contributed by atoms with Crippen molar-refractivity contribution in [2.45, 2.75) is 25.9 Å². The summed E-state index contributed by atoms with van der Waals surface area (Å²) in [6.07, 6.45) is 5.08. The zero-order chi connectivity index (χ0) is 18.5. The van der Waals surface area contributed by atoms with E-state index >= 15 is 0 Å². The van der Waals surface area contributed by atoms with Gasteiger partial charge >= 0.3 is 0 Å². The van der Waals surface area contributed by atoms with Crippen molar-refractivity contribution in [2.24, 2.45) is 0 Å². The number of rotatable bonds is 6. The fourth-order valence-electron chi connectivity index (χ4n) is 2.67. The molecule has 2 heterocycles. The number of methoxy groups -OCH3 is 1. The number of amides is 1. The van der Waals surface area contributed by atoms with Crippen molar-refractivity contribution in [3.63, 3.8) is 0 Å². The molecular formula is C18H21ClN4O3. The van der Waals surface area contributed by atoms with E-state index in [0.717, 1.165) is 25.0 Å². The van der Waals surface area contributed by atoms with Crippen LogP contribution in [0.15, 0.2) is 24.5 Å². The van der Waals surface area contributed by atoms with E-state index in [1.807, 2.05) is 13.0 Å². The number of ether oxygens (including phenoxy) is 2. The number of benzene rings is 1. The van der Waals surface area contributed by atoms with Gasteiger partial charge in [-0.25, -0.2) is 9.97 Å². The summed E-state index contributed by atoms with van der Waals surface area (Å²) in [7, 11) is 1.56. The van der Waals surface area contributed by atoms with Crippen LogP contribution in [0.1, 0.15) is 28.8 Å². The third kappa shape index (κ3) is 4.42. The molecule has 0 saturated carbocycles. The number of nitrogens with one attached hydrogen (secondary N) is 2. The van der Waals surface area contributed by atoms with Gasteiger partial charge in [0.1, 0.15) is 5.75 Å². The Hall–Kier alpha value is -2.38. The average Bonchev–Trinajstić information content (AvgIpc) is 3.17. The van der Waals surface area contributed by atoms with Gasteiger partial charge in [0.25, 0.3) is 5.91 Å². The van der Waals surface area contributed by atoms with Crippen LogP contribution in [0, 0.1) is 6.92 Å². The molecule has 1 amide bonds. The molecule has 138 valence electrons. The fourth-order valence-corrected chi connectivity index (χ4v) is 2.83. The van der Waals surface area contributed by atoms with Gasteiger partial charge in [-0.1, -0.05) is 11.6 Å². The Kier molecular flexibility index (Phi) is 5.90. The molecule has 1 saturated heterocycles. The third-order valence-corrected chi connectivity index (χ3v) is 4.56. The largest absolute Gasteiger partial charge is 0.495 e. The topological polar surface area (TPSA) is 85.4 Å². The molecule has 1 fully saturated rings. The van der Waals surface area contributed by atoms with Crippen LogP contribution >= 0.6 is 11.6 Å². The minimum absolute atomic E-state index is 0.0985. The fraction of sp³-hybridized carbons (Fsp3) is 0.389.